The van der Waals surface area contributed by atoms with Gasteiger partial charge in [0.25, 0.3) is 5.56 Å². The molecule has 1 aliphatic heterocycles. The molecule has 2 aromatic heterocycles. The molecule has 1 saturated carbocycles. The van der Waals surface area contributed by atoms with Gasteiger partial charge in [0, 0.05) is 63.8 Å². The molecule has 0 amide bonds. The van der Waals surface area contributed by atoms with Crippen LogP contribution >= 0.6 is 0 Å². The van der Waals surface area contributed by atoms with Gasteiger partial charge < -0.3 is 15.1 Å². The first-order valence-electron chi connectivity index (χ1n) is 12.3. The fraction of sp³-hybridized carbons (Fsp3) is 0.462. The average molecular weight is 460 g/mol. The number of piperazine rings is 1. The highest BCUT2D eigenvalue weighted by molar-refractivity contribution is 5.55. The number of rotatable bonds is 5. The summed E-state index contributed by atoms with van der Waals surface area (Å²) in [6.45, 7) is 2.35. The van der Waals surface area contributed by atoms with E-state index in [1.165, 1.54) is 55.7 Å². The maximum absolute atomic E-state index is 12.7. The summed E-state index contributed by atoms with van der Waals surface area (Å²) in [6, 6.07) is 13.1. The lowest BCUT2D eigenvalue weighted by Crippen LogP contribution is -2.47. The molecule has 3 aromatic rings. The molecule has 1 atom stereocenters. The minimum absolute atomic E-state index is 0.0937. The third-order valence-corrected chi connectivity index (χ3v) is 7.24. The summed E-state index contributed by atoms with van der Waals surface area (Å²) >= 11 is 0. The monoisotopic (exact) mass is 459 g/mol. The second-order valence-electron chi connectivity index (χ2n) is 9.38. The Kier molecular flexibility index (Phi) is 6.58. The Labute approximate surface area is 200 Å². The Balaban J connectivity index is 1.34. The van der Waals surface area contributed by atoms with Gasteiger partial charge in [0.05, 0.1) is 11.4 Å². The molecule has 0 unspecified atom stereocenters. The van der Waals surface area contributed by atoms with Crippen LogP contribution in [0, 0.1) is 0 Å². The second-order valence-corrected chi connectivity index (χ2v) is 9.38. The Hall–Kier alpha value is -3.26. The van der Waals surface area contributed by atoms with Gasteiger partial charge in [-0.2, -0.15) is 0 Å². The van der Waals surface area contributed by atoms with Crippen molar-refractivity contribution >= 4 is 11.6 Å². The van der Waals surface area contributed by atoms with Crippen molar-refractivity contribution in [2.45, 2.75) is 44.2 Å². The maximum atomic E-state index is 12.7. The Bertz CT molecular complexity index is 1160. The smallest absolute Gasteiger partial charge is 0.255 e. The van der Waals surface area contributed by atoms with Crippen LogP contribution < -0.4 is 20.7 Å². The van der Waals surface area contributed by atoms with E-state index < -0.39 is 0 Å². The van der Waals surface area contributed by atoms with Crippen LogP contribution in [0.25, 0.3) is 11.4 Å². The molecule has 0 bridgehead atoms. The summed E-state index contributed by atoms with van der Waals surface area (Å²) in [7, 11) is 4.00. The predicted molar refractivity (Wildman–Crippen MR) is 135 cm³/mol. The van der Waals surface area contributed by atoms with Crippen LogP contribution in [-0.4, -0.2) is 52.2 Å². The van der Waals surface area contributed by atoms with E-state index in [1.807, 2.05) is 0 Å². The van der Waals surface area contributed by atoms with E-state index in [1.54, 1.807) is 23.9 Å². The SMILES string of the molecule is CN(c1ccc([C@H]2CN(c3nc(-c4ccncn4)cc(=O)n3C)CCN2)cc1)C1CCCCC1. The third kappa shape index (κ3) is 4.68. The molecule has 0 radical (unpaired) electrons. The van der Waals surface area contributed by atoms with E-state index in [0.717, 1.165) is 19.6 Å². The number of nitrogens with zero attached hydrogens (tertiary/aromatic N) is 6. The zero-order valence-electron chi connectivity index (χ0n) is 20.0. The highest BCUT2D eigenvalue weighted by Crippen LogP contribution is 2.28. The van der Waals surface area contributed by atoms with E-state index in [-0.39, 0.29) is 11.6 Å². The lowest BCUT2D eigenvalue weighted by Gasteiger charge is -2.36. The first-order valence-corrected chi connectivity index (χ1v) is 12.3. The number of hydrogen-bond donors (Lipinski definition) is 1. The summed E-state index contributed by atoms with van der Waals surface area (Å²) in [6.07, 6.45) is 9.76. The largest absolute Gasteiger partial charge is 0.372 e. The van der Waals surface area contributed by atoms with Crippen molar-refractivity contribution < 1.29 is 0 Å². The third-order valence-electron chi connectivity index (χ3n) is 7.24. The first kappa shape index (κ1) is 22.5. The summed E-state index contributed by atoms with van der Waals surface area (Å²) in [4.78, 5) is 30.4. The molecular weight excluding hydrogens is 426 g/mol. The number of nitrogens with one attached hydrogen (secondary N) is 1. The first-order chi connectivity index (χ1) is 16.6. The Morgan fingerprint density at radius 3 is 2.59 bits per heavy atom. The number of hydrogen-bond acceptors (Lipinski definition) is 7. The van der Waals surface area contributed by atoms with Gasteiger partial charge in [-0.15, -0.1) is 0 Å². The molecule has 8 nitrogen and oxygen atoms in total. The summed E-state index contributed by atoms with van der Waals surface area (Å²) < 4.78 is 1.62. The summed E-state index contributed by atoms with van der Waals surface area (Å²) in [5.74, 6) is 0.668. The zero-order valence-corrected chi connectivity index (χ0v) is 20.0. The second kappa shape index (κ2) is 9.93. The van der Waals surface area contributed by atoms with Crippen LogP contribution in [0.15, 0.2) is 53.7 Å². The molecule has 34 heavy (non-hydrogen) atoms. The Morgan fingerprint density at radius 2 is 1.85 bits per heavy atom. The Morgan fingerprint density at radius 1 is 1.06 bits per heavy atom. The predicted octanol–water partition coefficient (Wildman–Crippen LogP) is 3.16. The van der Waals surface area contributed by atoms with E-state index in [0.29, 0.717) is 23.4 Å². The quantitative estimate of drug-likeness (QED) is 0.628. The fourth-order valence-electron chi connectivity index (χ4n) is 5.16. The molecule has 1 aromatic carbocycles. The fourth-order valence-corrected chi connectivity index (χ4v) is 5.16. The molecule has 1 saturated heterocycles. The van der Waals surface area contributed by atoms with Gasteiger partial charge in [0.1, 0.15) is 6.33 Å². The van der Waals surface area contributed by atoms with Gasteiger partial charge in [0.15, 0.2) is 0 Å². The molecule has 1 aliphatic carbocycles. The van der Waals surface area contributed by atoms with E-state index in [9.17, 15) is 4.79 Å². The molecule has 178 valence electrons. The van der Waals surface area contributed by atoms with Crippen LogP contribution in [0.3, 0.4) is 0 Å². The van der Waals surface area contributed by atoms with Crippen LogP contribution in [0.4, 0.5) is 11.6 Å². The van der Waals surface area contributed by atoms with Gasteiger partial charge >= 0.3 is 0 Å². The van der Waals surface area contributed by atoms with Crippen molar-refractivity contribution in [1.29, 1.82) is 0 Å². The molecule has 3 heterocycles. The van der Waals surface area contributed by atoms with Crippen molar-refractivity contribution in [2.75, 3.05) is 36.5 Å². The van der Waals surface area contributed by atoms with Crippen molar-refractivity contribution in [3.8, 4) is 11.4 Å². The van der Waals surface area contributed by atoms with Crippen LogP contribution in [0.5, 0.6) is 0 Å². The van der Waals surface area contributed by atoms with E-state index in [2.05, 4.69) is 56.4 Å². The van der Waals surface area contributed by atoms with Gasteiger partial charge in [-0.3, -0.25) is 9.36 Å². The zero-order chi connectivity index (χ0) is 23.5. The van der Waals surface area contributed by atoms with Gasteiger partial charge in [0.2, 0.25) is 5.95 Å². The highest BCUT2D eigenvalue weighted by atomic mass is 16.1. The minimum Gasteiger partial charge on any atom is -0.372 e. The average Bonchev–Trinajstić information content (AvgIpc) is 2.91. The molecule has 1 N–H and O–H groups in total. The van der Waals surface area contributed by atoms with Crippen molar-refractivity contribution in [3.05, 3.63) is 64.8 Å². The van der Waals surface area contributed by atoms with Crippen LogP contribution in [0.2, 0.25) is 0 Å². The van der Waals surface area contributed by atoms with Crippen LogP contribution in [-0.2, 0) is 7.05 Å². The van der Waals surface area contributed by atoms with Crippen molar-refractivity contribution in [2.24, 2.45) is 7.05 Å². The number of anilines is 2. The molecular formula is C26H33N7O. The van der Waals surface area contributed by atoms with Crippen molar-refractivity contribution in [3.63, 3.8) is 0 Å². The van der Waals surface area contributed by atoms with Gasteiger partial charge in [-0.1, -0.05) is 31.4 Å². The summed E-state index contributed by atoms with van der Waals surface area (Å²) in [5.41, 5.74) is 3.67. The molecule has 5 rings (SSSR count). The molecule has 8 heteroatoms. The molecule has 0 spiro atoms. The lowest BCUT2D eigenvalue weighted by atomic mass is 9.94. The normalized spacial score (nSPS) is 19.2. The lowest BCUT2D eigenvalue weighted by molar-refractivity contribution is 0.427. The van der Waals surface area contributed by atoms with Gasteiger partial charge in [-0.05, 0) is 36.6 Å². The van der Waals surface area contributed by atoms with E-state index >= 15 is 0 Å². The van der Waals surface area contributed by atoms with Crippen molar-refractivity contribution in [1.82, 2.24) is 24.8 Å². The molecule has 2 fully saturated rings. The maximum Gasteiger partial charge on any atom is 0.255 e. The minimum atomic E-state index is -0.0937. The highest BCUT2D eigenvalue weighted by Gasteiger charge is 2.25. The van der Waals surface area contributed by atoms with E-state index in [4.69, 9.17) is 4.98 Å². The number of aromatic nitrogens is 4. The summed E-state index contributed by atoms with van der Waals surface area (Å²) in [5, 5.41) is 3.64. The topological polar surface area (TPSA) is 79.2 Å². The standard InChI is InChI=1S/C26H33N7O/c1-31(20-6-4-3-5-7-20)21-10-8-19(9-11-21)24-17-33(15-14-28-24)26-30-23(16-25(34)32(26)2)22-12-13-27-18-29-22/h8-13,16,18,20,24,28H,3-7,14-15,17H2,1-2H3/t24-/m1/s1. The number of benzene rings is 1. The molecule has 2 aliphatic rings. The van der Waals surface area contributed by atoms with Crippen LogP contribution in [0.1, 0.15) is 43.7 Å². The van der Waals surface area contributed by atoms with Gasteiger partial charge in [-0.25, -0.2) is 15.0 Å².